The summed E-state index contributed by atoms with van der Waals surface area (Å²) in [6.45, 7) is 4.45. The van der Waals surface area contributed by atoms with Gasteiger partial charge < -0.3 is 4.74 Å². The Bertz CT molecular complexity index is 535. The Kier molecular flexibility index (Phi) is 6.32. The fourth-order valence-electron chi connectivity index (χ4n) is 1.64. The van der Waals surface area contributed by atoms with Gasteiger partial charge in [-0.25, -0.2) is 13.1 Å². The van der Waals surface area contributed by atoms with Gasteiger partial charge in [-0.2, -0.15) is 0 Å². The van der Waals surface area contributed by atoms with Gasteiger partial charge in [0.2, 0.25) is 10.0 Å². The van der Waals surface area contributed by atoms with E-state index in [2.05, 4.69) is 4.72 Å². The first-order valence-corrected chi connectivity index (χ1v) is 7.99. The van der Waals surface area contributed by atoms with Crippen molar-refractivity contribution in [3.63, 3.8) is 0 Å². The number of rotatable bonds is 8. The predicted octanol–water partition coefficient (Wildman–Crippen LogP) is 1.84. The molecule has 0 saturated heterocycles. The van der Waals surface area contributed by atoms with Gasteiger partial charge in [0.15, 0.2) is 5.78 Å². The third-order valence-electron chi connectivity index (χ3n) is 2.79. The predicted molar refractivity (Wildman–Crippen MR) is 77.3 cm³/mol. The maximum absolute atomic E-state index is 12.0. The minimum Gasteiger partial charge on any atom is -0.385 e. The lowest BCUT2D eigenvalue weighted by Crippen LogP contribution is -2.25. The van der Waals surface area contributed by atoms with E-state index in [1.165, 1.54) is 12.1 Å². The zero-order chi connectivity index (χ0) is 15.2. The molecule has 0 aliphatic carbocycles. The molecule has 0 bridgehead atoms. The number of nitrogens with one attached hydrogen (secondary N) is 1. The van der Waals surface area contributed by atoms with Gasteiger partial charge in [0, 0.05) is 31.7 Å². The monoisotopic (exact) mass is 299 g/mol. The van der Waals surface area contributed by atoms with Crippen LogP contribution in [0.1, 0.15) is 30.6 Å². The van der Waals surface area contributed by atoms with Crippen molar-refractivity contribution in [2.75, 3.05) is 20.3 Å². The van der Waals surface area contributed by atoms with Gasteiger partial charge in [0.1, 0.15) is 0 Å². The third kappa shape index (κ3) is 4.70. The van der Waals surface area contributed by atoms with Crippen LogP contribution in [0, 0.1) is 5.92 Å². The van der Waals surface area contributed by atoms with E-state index in [1.807, 2.05) is 13.8 Å². The lowest BCUT2D eigenvalue weighted by atomic mass is 10.0. The van der Waals surface area contributed by atoms with E-state index in [0.717, 1.165) is 0 Å². The van der Waals surface area contributed by atoms with Crippen LogP contribution < -0.4 is 4.72 Å². The molecule has 112 valence electrons. The van der Waals surface area contributed by atoms with E-state index in [9.17, 15) is 13.2 Å². The van der Waals surface area contributed by atoms with Crippen LogP contribution >= 0.6 is 0 Å². The second-order valence-electron chi connectivity index (χ2n) is 4.79. The van der Waals surface area contributed by atoms with Crippen LogP contribution in [0.15, 0.2) is 29.2 Å². The molecular formula is C14H21NO4S. The van der Waals surface area contributed by atoms with Crippen molar-refractivity contribution in [3.05, 3.63) is 29.8 Å². The molecule has 0 amide bonds. The molecule has 0 saturated carbocycles. The normalized spacial score (nSPS) is 11.8. The van der Waals surface area contributed by atoms with E-state index in [4.69, 9.17) is 4.74 Å². The van der Waals surface area contributed by atoms with Crippen LogP contribution in [-0.2, 0) is 14.8 Å². The van der Waals surface area contributed by atoms with Crippen LogP contribution in [0.25, 0.3) is 0 Å². The largest absolute Gasteiger partial charge is 0.385 e. The van der Waals surface area contributed by atoms with Gasteiger partial charge in [0.25, 0.3) is 0 Å². The Labute approximate surface area is 120 Å². The van der Waals surface area contributed by atoms with Crippen molar-refractivity contribution in [1.82, 2.24) is 4.72 Å². The fourth-order valence-corrected chi connectivity index (χ4v) is 2.71. The summed E-state index contributed by atoms with van der Waals surface area (Å²) in [6, 6.07) is 6.00. The fraction of sp³-hybridized carbons (Fsp3) is 0.500. The van der Waals surface area contributed by atoms with E-state index >= 15 is 0 Å². The van der Waals surface area contributed by atoms with Gasteiger partial charge >= 0.3 is 0 Å². The van der Waals surface area contributed by atoms with Crippen LogP contribution in [0.5, 0.6) is 0 Å². The maximum atomic E-state index is 12.0. The number of sulfonamides is 1. The third-order valence-corrected chi connectivity index (χ3v) is 4.27. The molecule has 0 spiro atoms. The average Bonchev–Trinajstić information content (AvgIpc) is 2.43. The van der Waals surface area contributed by atoms with Crippen molar-refractivity contribution in [3.8, 4) is 0 Å². The summed E-state index contributed by atoms with van der Waals surface area (Å²) >= 11 is 0. The van der Waals surface area contributed by atoms with Crippen LogP contribution in [0.2, 0.25) is 0 Å². The molecule has 6 heteroatoms. The zero-order valence-electron chi connectivity index (χ0n) is 12.0. The Morgan fingerprint density at radius 3 is 2.35 bits per heavy atom. The second-order valence-corrected chi connectivity index (χ2v) is 6.55. The molecule has 0 aliphatic rings. The molecule has 20 heavy (non-hydrogen) atoms. The van der Waals surface area contributed by atoms with Gasteiger partial charge in [-0.05, 0) is 18.6 Å². The Hall–Kier alpha value is -1.24. The van der Waals surface area contributed by atoms with Gasteiger partial charge in [-0.15, -0.1) is 0 Å². The van der Waals surface area contributed by atoms with Crippen LogP contribution in [0.3, 0.4) is 0 Å². The van der Waals surface area contributed by atoms with Crippen LogP contribution in [-0.4, -0.2) is 34.5 Å². The van der Waals surface area contributed by atoms with E-state index in [0.29, 0.717) is 25.1 Å². The Balaban J connectivity index is 2.74. The summed E-state index contributed by atoms with van der Waals surface area (Å²) in [5, 5.41) is 0. The highest BCUT2D eigenvalue weighted by Gasteiger charge is 2.15. The molecule has 1 aromatic carbocycles. The SMILES string of the molecule is COCCCNS(=O)(=O)c1ccc(C(=O)C(C)C)cc1. The number of Topliss-reactive ketones (excluding diaryl/α,β-unsaturated/α-hetero) is 1. The Morgan fingerprint density at radius 2 is 1.85 bits per heavy atom. The molecule has 0 atom stereocenters. The minimum atomic E-state index is -3.52. The summed E-state index contributed by atoms with van der Waals surface area (Å²) in [5.74, 6) is -0.105. The molecule has 0 aromatic heterocycles. The van der Waals surface area contributed by atoms with Gasteiger partial charge in [-0.3, -0.25) is 4.79 Å². The topological polar surface area (TPSA) is 72.5 Å². The van der Waals surface area contributed by atoms with Gasteiger partial charge in [0.05, 0.1) is 4.90 Å². The van der Waals surface area contributed by atoms with Crippen molar-refractivity contribution in [1.29, 1.82) is 0 Å². The second kappa shape index (κ2) is 7.52. The summed E-state index contributed by atoms with van der Waals surface area (Å²) in [6.07, 6.45) is 0.611. The molecule has 0 radical (unpaired) electrons. The molecule has 1 aromatic rings. The number of carbonyl (C=O) groups excluding carboxylic acids is 1. The van der Waals surface area contributed by atoms with Crippen LogP contribution in [0.4, 0.5) is 0 Å². The first kappa shape index (κ1) is 16.8. The number of methoxy groups -OCH3 is 1. The van der Waals surface area contributed by atoms with Crippen molar-refractivity contribution in [2.45, 2.75) is 25.2 Å². The number of hydrogen-bond acceptors (Lipinski definition) is 4. The lowest BCUT2D eigenvalue weighted by Gasteiger charge is -2.08. The standard InChI is InChI=1S/C14H21NO4S/c1-11(2)14(16)12-5-7-13(8-6-12)20(17,18)15-9-4-10-19-3/h5-8,11,15H,4,9-10H2,1-3H3. The smallest absolute Gasteiger partial charge is 0.240 e. The van der Waals surface area contributed by atoms with Crippen molar-refractivity contribution in [2.24, 2.45) is 5.92 Å². The summed E-state index contributed by atoms with van der Waals surface area (Å²) in [4.78, 5) is 11.9. The lowest BCUT2D eigenvalue weighted by molar-refractivity contribution is 0.0939. The highest BCUT2D eigenvalue weighted by atomic mass is 32.2. The Morgan fingerprint density at radius 1 is 1.25 bits per heavy atom. The quantitative estimate of drug-likeness (QED) is 0.587. The molecule has 5 nitrogen and oxygen atoms in total. The molecule has 0 heterocycles. The first-order chi connectivity index (χ1) is 9.38. The van der Waals surface area contributed by atoms with E-state index in [-0.39, 0.29) is 16.6 Å². The zero-order valence-corrected chi connectivity index (χ0v) is 12.9. The number of benzene rings is 1. The van der Waals surface area contributed by atoms with Crippen molar-refractivity contribution < 1.29 is 17.9 Å². The molecule has 1 rings (SSSR count). The van der Waals surface area contributed by atoms with E-state index < -0.39 is 10.0 Å². The minimum absolute atomic E-state index is 0.00185. The number of ketones is 1. The van der Waals surface area contributed by atoms with Gasteiger partial charge in [-0.1, -0.05) is 26.0 Å². The first-order valence-electron chi connectivity index (χ1n) is 6.51. The average molecular weight is 299 g/mol. The number of carbonyl (C=O) groups is 1. The number of hydrogen-bond donors (Lipinski definition) is 1. The summed E-state index contributed by atoms with van der Waals surface area (Å²) in [5.41, 5.74) is 0.526. The molecular weight excluding hydrogens is 278 g/mol. The highest BCUT2D eigenvalue weighted by Crippen LogP contribution is 2.13. The molecule has 0 fully saturated rings. The maximum Gasteiger partial charge on any atom is 0.240 e. The summed E-state index contributed by atoms with van der Waals surface area (Å²) in [7, 11) is -1.95. The molecule has 1 N–H and O–H groups in total. The number of ether oxygens (including phenoxy) is 1. The highest BCUT2D eigenvalue weighted by molar-refractivity contribution is 7.89. The summed E-state index contributed by atoms with van der Waals surface area (Å²) < 4.78 is 31.3. The van der Waals surface area contributed by atoms with E-state index in [1.54, 1.807) is 19.2 Å². The van der Waals surface area contributed by atoms with Crippen molar-refractivity contribution >= 4 is 15.8 Å². The molecule has 0 unspecified atom stereocenters. The molecule has 0 aliphatic heterocycles.